The molecule has 0 saturated carbocycles. The highest BCUT2D eigenvalue weighted by atomic mass is 79.9. The van der Waals surface area contributed by atoms with Gasteiger partial charge in [-0.3, -0.25) is 0 Å². The number of nitrogens with one attached hydrogen (secondary N) is 1. The predicted octanol–water partition coefficient (Wildman–Crippen LogP) is 2.16. The molecule has 1 unspecified atom stereocenters. The standard InChI is InChI=1S/C11H13BrFNO/c12-9-4-1-3-8(10(9)13)11(15)5-2-6-14-7-11/h1,3-4,14-15H,2,5-7H2. The van der Waals surface area contributed by atoms with Gasteiger partial charge in [-0.15, -0.1) is 0 Å². The Balaban J connectivity index is 2.39. The first-order valence-corrected chi connectivity index (χ1v) is 5.80. The zero-order valence-corrected chi connectivity index (χ0v) is 9.85. The Kier molecular flexibility index (Phi) is 3.09. The Morgan fingerprint density at radius 1 is 1.47 bits per heavy atom. The quantitative estimate of drug-likeness (QED) is 0.822. The van der Waals surface area contributed by atoms with E-state index in [2.05, 4.69) is 21.2 Å². The van der Waals surface area contributed by atoms with E-state index in [1.165, 1.54) is 0 Å². The van der Waals surface area contributed by atoms with E-state index in [-0.39, 0.29) is 5.82 Å². The summed E-state index contributed by atoms with van der Waals surface area (Å²) in [7, 11) is 0. The Hall–Kier alpha value is -0.450. The highest BCUT2D eigenvalue weighted by molar-refractivity contribution is 9.10. The van der Waals surface area contributed by atoms with Crippen molar-refractivity contribution in [2.45, 2.75) is 18.4 Å². The fourth-order valence-electron chi connectivity index (χ4n) is 1.98. The first-order chi connectivity index (χ1) is 7.13. The SMILES string of the molecule is OC1(c2cccc(Br)c2F)CCCNC1. The van der Waals surface area contributed by atoms with Crippen LogP contribution in [0.15, 0.2) is 22.7 Å². The molecule has 0 aliphatic carbocycles. The van der Waals surface area contributed by atoms with Gasteiger partial charge in [-0.1, -0.05) is 12.1 Å². The molecule has 2 nitrogen and oxygen atoms in total. The maximum absolute atomic E-state index is 13.8. The lowest BCUT2D eigenvalue weighted by Gasteiger charge is -2.33. The minimum Gasteiger partial charge on any atom is -0.384 e. The van der Waals surface area contributed by atoms with Crippen molar-refractivity contribution in [1.29, 1.82) is 0 Å². The second kappa shape index (κ2) is 4.20. The van der Waals surface area contributed by atoms with Crippen molar-refractivity contribution < 1.29 is 9.50 Å². The maximum Gasteiger partial charge on any atom is 0.143 e. The zero-order chi connectivity index (χ0) is 10.9. The van der Waals surface area contributed by atoms with Crippen LogP contribution in [-0.4, -0.2) is 18.2 Å². The highest BCUT2D eigenvalue weighted by Crippen LogP contribution is 2.32. The number of rotatable bonds is 1. The third kappa shape index (κ3) is 2.07. The van der Waals surface area contributed by atoms with Gasteiger partial charge in [0.05, 0.1) is 4.47 Å². The first-order valence-electron chi connectivity index (χ1n) is 5.01. The van der Waals surface area contributed by atoms with Gasteiger partial charge in [-0.2, -0.15) is 0 Å². The van der Waals surface area contributed by atoms with Gasteiger partial charge in [0.25, 0.3) is 0 Å². The van der Waals surface area contributed by atoms with Gasteiger partial charge >= 0.3 is 0 Å². The van der Waals surface area contributed by atoms with Crippen molar-refractivity contribution in [3.8, 4) is 0 Å². The molecule has 0 radical (unpaired) electrons. The first kappa shape index (κ1) is 11.0. The topological polar surface area (TPSA) is 32.3 Å². The second-order valence-corrected chi connectivity index (χ2v) is 4.77. The monoisotopic (exact) mass is 273 g/mol. The van der Waals surface area contributed by atoms with Crippen molar-refractivity contribution in [1.82, 2.24) is 5.32 Å². The van der Waals surface area contributed by atoms with E-state index in [4.69, 9.17) is 0 Å². The second-order valence-electron chi connectivity index (χ2n) is 3.91. The van der Waals surface area contributed by atoms with Crippen LogP contribution in [0.3, 0.4) is 0 Å². The number of β-amino-alcohol motifs (C(OH)–C–C–N with tert-alkyl or cyclic N) is 1. The molecule has 1 aliphatic rings. The van der Waals surface area contributed by atoms with Gasteiger partial charge in [0.2, 0.25) is 0 Å². The van der Waals surface area contributed by atoms with Crippen molar-refractivity contribution >= 4 is 15.9 Å². The summed E-state index contributed by atoms with van der Waals surface area (Å²) in [5.74, 6) is -0.358. The molecule has 1 heterocycles. The van der Waals surface area contributed by atoms with Crippen molar-refractivity contribution in [2.75, 3.05) is 13.1 Å². The molecule has 1 fully saturated rings. The number of halogens is 2. The summed E-state index contributed by atoms with van der Waals surface area (Å²) in [5, 5.41) is 13.4. The Bertz CT molecular complexity index is 364. The van der Waals surface area contributed by atoms with Crippen LogP contribution in [0.5, 0.6) is 0 Å². The summed E-state index contributed by atoms with van der Waals surface area (Å²) >= 11 is 3.13. The van der Waals surface area contributed by atoms with Crippen LogP contribution >= 0.6 is 15.9 Å². The van der Waals surface area contributed by atoms with E-state index in [9.17, 15) is 9.50 Å². The van der Waals surface area contributed by atoms with Gasteiger partial charge in [0.1, 0.15) is 11.4 Å². The highest BCUT2D eigenvalue weighted by Gasteiger charge is 2.33. The van der Waals surface area contributed by atoms with E-state index < -0.39 is 5.60 Å². The fraction of sp³-hybridized carbons (Fsp3) is 0.455. The van der Waals surface area contributed by atoms with Gasteiger partial charge in [-0.25, -0.2) is 4.39 Å². The Morgan fingerprint density at radius 2 is 2.27 bits per heavy atom. The molecule has 1 aliphatic heterocycles. The molecule has 1 atom stereocenters. The lowest BCUT2D eigenvalue weighted by molar-refractivity contribution is 0.00898. The van der Waals surface area contributed by atoms with Crippen LogP contribution in [0.1, 0.15) is 18.4 Å². The fourth-order valence-corrected chi connectivity index (χ4v) is 2.35. The molecule has 0 bridgehead atoms. The molecule has 15 heavy (non-hydrogen) atoms. The summed E-state index contributed by atoms with van der Waals surface area (Å²) in [4.78, 5) is 0. The average Bonchev–Trinajstić information content (AvgIpc) is 2.23. The smallest absolute Gasteiger partial charge is 0.143 e. The molecule has 0 spiro atoms. The molecule has 1 aromatic rings. The van der Waals surface area contributed by atoms with Crippen molar-refractivity contribution in [2.24, 2.45) is 0 Å². The maximum atomic E-state index is 13.8. The van der Waals surface area contributed by atoms with Gasteiger partial charge < -0.3 is 10.4 Å². The number of benzene rings is 1. The predicted molar refractivity (Wildman–Crippen MR) is 60.1 cm³/mol. The summed E-state index contributed by atoms with van der Waals surface area (Å²) in [6.45, 7) is 1.30. The average molecular weight is 274 g/mol. The Morgan fingerprint density at radius 3 is 2.93 bits per heavy atom. The van der Waals surface area contributed by atoms with Crippen LogP contribution < -0.4 is 5.32 Å². The molecule has 82 valence electrons. The number of aliphatic hydroxyl groups is 1. The number of hydrogen-bond donors (Lipinski definition) is 2. The van der Waals surface area contributed by atoms with Crippen LogP contribution in [0.25, 0.3) is 0 Å². The minimum absolute atomic E-state index is 0.358. The molecular formula is C11H13BrFNO. The summed E-state index contributed by atoms with van der Waals surface area (Å²) in [6, 6.07) is 5.03. The van der Waals surface area contributed by atoms with E-state index in [0.717, 1.165) is 13.0 Å². The summed E-state index contributed by atoms with van der Waals surface area (Å²) in [6.07, 6.45) is 1.47. The normalized spacial score (nSPS) is 26.6. The van der Waals surface area contributed by atoms with E-state index in [1.807, 2.05) is 0 Å². The number of piperidine rings is 1. The van der Waals surface area contributed by atoms with E-state index in [0.29, 0.717) is 23.0 Å². The molecule has 2 rings (SSSR count). The van der Waals surface area contributed by atoms with Crippen molar-refractivity contribution in [3.63, 3.8) is 0 Å². The Labute approximate surface area is 96.6 Å². The van der Waals surface area contributed by atoms with Crippen LogP contribution in [0.4, 0.5) is 4.39 Å². The lowest BCUT2D eigenvalue weighted by Crippen LogP contribution is -2.43. The minimum atomic E-state index is -1.06. The third-order valence-corrected chi connectivity index (χ3v) is 3.43. The van der Waals surface area contributed by atoms with Crippen molar-refractivity contribution in [3.05, 3.63) is 34.1 Å². The van der Waals surface area contributed by atoms with Crippen LogP contribution in [0.2, 0.25) is 0 Å². The van der Waals surface area contributed by atoms with Gasteiger partial charge in [-0.05, 0) is 41.4 Å². The lowest BCUT2D eigenvalue weighted by atomic mass is 9.86. The molecular weight excluding hydrogens is 261 g/mol. The molecule has 1 saturated heterocycles. The third-order valence-electron chi connectivity index (χ3n) is 2.81. The molecule has 4 heteroatoms. The molecule has 2 N–H and O–H groups in total. The largest absolute Gasteiger partial charge is 0.384 e. The van der Waals surface area contributed by atoms with Crippen LogP contribution in [0, 0.1) is 5.82 Å². The van der Waals surface area contributed by atoms with Gasteiger partial charge in [0.15, 0.2) is 0 Å². The van der Waals surface area contributed by atoms with Gasteiger partial charge in [0, 0.05) is 12.1 Å². The molecule has 0 aromatic heterocycles. The van der Waals surface area contributed by atoms with E-state index in [1.54, 1.807) is 18.2 Å². The summed E-state index contributed by atoms with van der Waals surface area (Å²) in [5.41, 5.74) is -0.685. The number of hydrogen-bond acceptors (Lipinski definition) is 2. The molecule has 1 aromatic carbocycles. The zero-order valence-electron chi connectivity index (χ0n) is 8.26. The van der Waals surface area contributed by atoms with Crippen LogP contribution in [-0.2, 0) is 5.60 Å². The summed E-state index contributed by atoms with van der Waals surface area (Å²) < 4.78 is 14.2. The van der Waals surface area contributed by atoms with E-state index >= 15 is 0 Å². The molecule has 0 amide bonds.